The van der Waals surface area contributed by atoms with Crippen LogP contribution in [0.25, 0.3) is 0 Å². The molecule has 0 fully saturated rings. The molecule has 0 spiro atoms. The number of hydrogen-bond acceptors (Lipinski definition) is 3. The number of phenols is 1. The molecule has 2 aromatic rings. The molecular formula is C14H18FN3O. The first kappa shape index (κ1) is 13.5. The fourth-order valence-electron chi connectivity index (χ4n) is 2.14. The van der Waals surface area contributed by atoms with E-state index < -0.39 is 5.82 Å². The lowest BCUT2D eigenvalue weighted by Crippen LogP contribution is -2.14. The van der Waals surface area contributed by atoms with Gasteiger partial charge in [-0.1, -0.05) is 0 Å². The lowest BCUT2D eigenvalue weighted by atomic mass is 10.1. The number of phenolic OH excluding ortho intramolecular Hbond substituents is 1. The maximum Gasteiger partial charge on any atom is 0.127 e. The fraction of sp³-hybridized carbons (Fsp3) is 0.357. The predicted octanol–water partition coefficient (Wildman–Crippen LogP) is 2.17. The fourth-order valence-corrected chi connectivity index (χ4v) is 2.14. The summed E-state index contributed by atoms with van der Waals surface area (Å²) in [6, 6.07) is 4.06. The number of nitrogens with one attached hydrogen (secondary N) is 1. The number of nitrogens with zero attached hydrogens (tertiary/aromatic N) is 2. The minimum atomic E-state index is -0.425. The average molecular weight is 263 g/mol. The smallest absolute Gasteiger partial charge is 0.127 e. The third kappa shape index (κ3) is 3.12. The van der Waals surface area contributed by atoms with Gasteiger partial charge < -0.3 is 10.4 Å². The van der Waals surface area contributed by atoms with E-state index in [4.69, 9.17) is 0 Å². The molecule has 19 heavy (non-hydrogen) atoms. The van der Waals surface area contributed by atoms with Gasteiger partial charge in [-0.2, -0.15) is 5.10 Å². The Morgan fingerprint density at radius 3 is 2.58 bits per heavy atom. The number of rotatable bonds is 4. The van der Waals surface area contributed by atoms with Crippen molar-refractivity contribution in [2.45, 2.75) is 26.9 Å². The number of hydrogen-bond donors (Lipinski definition) is 2. The molecule has 0 saturated carbocycles. The summed E-state index contributed by atoms with van der Waals surface area (Å²) in [4.78, 5) is 0. The monoisotopic (exact) mass is 263 g/mol. The molecular weight excluding hydrogens is 245 g/mol. The number of aromatic hydroxyl groups is 1. The quantitative estimate of drug-likeness (QED) is 0.889. The van der Waals surface area contributed by atoms with Gasteiger partial charge in [0.1, 0.15) is 11.6 Å². The number of aryl methyl sites for hydroxylation is 2. The molecule has 0 amide bonds. The van der Waals surface area contributed by atoms with E-state index in [-0.39, 0.29) is 5.75 Å². The van der Waals surface area contributed by atoms with Crippen molar-refractivity contribution < 1.29 is 9.50 Å². The Morgan fingerprint density at radius 2 is 2.00 bits per heavy atom. The van der Waals surface area contributed by atoms with Gasteiger partial charge in [-0.3, -0.25) is 4.68 Å². The summed E-state index contributed by atoms with van der Waals surface area (Å²) in [6.07, 6.45) is 0. The van der Waals surface area contributed by atoms with Gasteiger partial charge in [-0.05, 0) is 31.5 Å². The molecule has 0 atom stereocenters. The van der Waals surface area contributed by atoms with Gasteiger partial charge in [0.05, 0.1) is 5.69 Å². The first-order chi connectivity index (χ1) is 8.97. The minimum absolute atomic E-state index is 0.0504. The van der Waals surface area contributed by atoms with Crippen LogP contribution in [0.2, 0.25) is 0 Å². The Labute approximate surface area is 111 Å². The lowest BCUT2D eigenvalue weighted by molar-refractivity contribution is 0.467. The summed E-state index contributed by atoms with van der Waals surface area (Å²) in [7, 11) is 1.91. The van der Waals surface area contributed by atoms with E-state index in [0.29, 0.717) is 13.1 Å². The van der Waals surface area contributed by atoms with Crippen LogP contribution >= 0.6 is 0 Å². The molecule has 2 rings (SSSR count). The highest BCUT2D eigenvalue weighted by molar-refractivity contribution is 5.28. The lowest BCUT2D eigenvalue weighted by Gasteiger charge is -2.06. The van der Waals surface area contributed by atoms with Crippen molar-refractivity contribution in [3.8, 4) is 5.75 Å². The minimum Gasteiger partial charge on any atom is -0.508 e. The second kappa shape index (κ2) is 5.40. The van der Waals surface area contributed by atoms with Gasteiger partial charge in [0.2, 0.25) is 0 Å². The Bertz CT molecular complexity index is 572. The maximum absolute atomic E-state index is 13.1. The largest absolute Gasteiger partial charge is 0.508 e. The van der Waals surface area contributed by atoms with Crippen LogP contribution in [-0.4, -0.2) is 14.9 Å². The molecule has 5 heteroatoms. The van der Waals surface area contributed by atoms with Gasteiger partial charge in [0.25, 0.3) is 0 Å². The molecule has 1 heterocycles. The zero-order valence-electron chi connectivity index (χ0n) is 11.4. The highest BCUT2D eigenvalue weighted by Gasteiger charge is 2.08. The topological polar surface area (TPSA) is 50.1 Å². The molecule has 0 unspecified atom stereocenters. The van der Waals surface area contributed by atoms with Crippen LogP contribution in [0.1, 0.15) is 22.5 Å². The van der Waals surface area contributed by atoms with Crippen molar-refractivity contribution in [1.82, 2.24) is 15.1 Å². The SMILES string of the molecule is Cc1nn(C)c(C)c1CNCc1cc(O)cc(F)c1. The van der Waals surface area contributed by atoms with Crippen LogP contribution in [0.4, 0.5) is 4.39 Å². The van der Waals surface area contributed by atoms with Gasteiger partial charge in [0.15, 0.2) is 0 Å². The van der Waals surface area contributed by atoms with Crippen LogP contribution in [0.15, 0.2) is 18.2 Å². The van der Waals surface area contributed by atoms with E-state index in [1.165, 1.54) is 6.07 Å². The van der Waals surface area contributed by atoms with Crippen molar-refractivity contribution in [2.24, 2.45) is 7.05 Å². The van der Waals surface area contributed by atoms with Crippen molar-refractivity contribution in [3.63, 3.8) is 0 Å². The highest BCUT2D eigenvalue weighted by atomic mass is 19.1. The molecule has 0 aliphatic rings. The second-order valence-corrected chi connectivity index (χ2v) is 4.69. The summed E-state index contributed by atoms with van der Waals surface area (Å²) in [5.74, 6) is -0.476. The van der Waals surface area contributed by atoms with E-state index in [1.54, 1.807) is 6.07 Å². The number of benzene rings is 1. The van der Waals surface area contributed by atoms with Crippen molar-refractivity contribution in [2.75, 3.05) is 0 Å². The van der Waals surface area contributed by atoms with Crippen molar-refractivity contribution >= 4 is 0 Å². The summed E-state index contributed by atoms with van der Waals surface area (Å²) in [6.45, 7) is 5.16. The standard InChI is InChI=1S/C14H18FN3O/c1-9-14(10(2)18(3)17-9)8-16-7-11-4-12(15)6-13(19)5-11/h4-6,16,19H,7-8H2,1-3H3. The molecule has 102 valence electrons. The Balaban J connectivity index is 2.00. The third-order valence-corrected chi connectivity index (χ3v) is 3.23. The predicted molar refractivity (Wildman–Crippen MR) is 71.3 cm³/mol. The van der Waals surface area contributed by atoms with Crippen molar-refractivity contribution in [1.29, 1.82) is 0 Å². The van der Waals surface area contributed by atoms with Gasteiger partial charge >= 0.3 is 0 Å². The van der Waals surface area contributed by atoms with Crippen LogP contribution in [0.3, 0.4) is 0 Å². The number of aromatic nitrogens is 2. The third-order valence-electron chi connectivity index (χ3n) is 3.23. The Hall–Kier alpha value is -1.88. The van der Waals surface area contributed by atoms with E-state index in [2.05, 4.69) is 10.4 Å². The molecule has 0 saturated heterocycles. The van der Waals surface area contributed by atoms with Crippen molar-refractivity contribution in [3.05, 3.63) is 46.5 Å². The maximum atomic E-state index is 13.1. The molecule has 4 nitrogen and oxygen atoms in total. The van der Waals surface area contributed by atoms with E-state index in [0.717, 1.165) is 28.6 Å². The first-order valence-corrected chi connectivity index (χ1v) is 6.15. The number of halogens is 1. The second-order valence-electron chi connectivity index (χ2n) is 4.69. The molecule has 1 aromatic heterocycles. The van der Waals surface area contributed by atoms with Crippen LogP contribution in [0, 0.1) is 19.7 Å². The Morgan fingerprint density at radius 1 is 1.26 bits per heavy atom. The normalized spacial score (nSPS) is 10.9. The van der Waals surface area contributed by atoms with Gasteiger partial charge in [-0.25, -0.2) is 4.39 Å². The van der Waals surface area contributed by atoms with Crippen LogP contribution in [0.5, 0.6) is 5.75 Å². The molecule has 0 bridgehead atoms. The summed E-state index contributed by atoms with van der Waals surface area (Å²) in [5.41, 5.74) is 3.99. The van der Waals surface area contributed by atoms with E-state index in [1.807, 2.05) is 25.6 Å². The zero-order chi connectivity index (χ0) is 14.0. The average Bonchev–Trinajstić information content (AvgIpc) is 2.54. The summed E-state index contributed by atoms with van der Waals surface area (Å²) < 4.78 is 15.0. The van der Waals surface area contributed by atoms with Gasteiger partial charge in [-0.15, -0.1) is 0 Å². The molecule has 0 aliphatic carbocycles. The first-order valence-electron chi connectivity index (χ1n) is 6.15. The zero-order valence-corrected chi connectivity index (χ0v) is 11.4. The Kier molecular flexibility index (Phi) is 3.85. The molecule has 1 aromatic carbocycles. The van der Waals surface area contributed by atoms with E-state index >= 15 is 0 Å². The molecule has 0 aliphatic heterocycles. The summed E-state index contributed by atoms with van der Waals surface area (Å²) in [5, 5.41) is 16.9. The molecule has 2 N–H and O–H groups in total. The van der Waals surface area contributed by atoms with Crippen LogP contribution in [-0.2, 0) is 20.1 Å². The van der Waals surface area contributed by atoms with Gasteiger partial charge in [0, 0.05) is 37.5 Å². The summed E-state index contributed by atoms with van der Waals surface area (Å²) >= 11 is 0. The van der Waals surface area contributed by atoms with E-state index in [9.17, 15) is 9.50 Å². The highest BCUT2D eigenvalue weighted by Crippen LogP contribution is 2.15. The molecule has 0 radical (unpaired) electrons. The van der Waals surface area contributed by atoms with Crippen LogP contribution < -0.4 is 5.32 Å².